The van der Waals surface area contributed by atoms with Crippen molar-refractivity contribution in [2.24, 2.45) is 0 Å². The van der Waals surface area contributed by atoms with Crippen LogP contribution in [0, 0.1) is 11.3 Å². The fourth-order valence-corrected chi connectivity index (χ4v) is 3.50. The lowest BCUT2D eigenvalue weighted by Gasteiger charge is -2.28. The second-order valence-corrected chi connectivity index (χ2v) is 7.47. The van der Waals surface area contributed by atoms with Crippen LogP contribution in [0.1, 0.15) is 25.2 Å². The summed E-state index contributed by atoms with van der Waals surface area (Å²) in [4.78, 5) is 2.14. The van der Waals surface area contributed by atoms with E-state index >= 15 is 0 Å². The van der Waals surface area contributed by atoms with Gasteiger partial charge in [0.2, 0.25) is 5.95 Å². The zero-order valence-corrected chi connectivity index (χ0v) is 17.7. The Morgan fingerprint density at radius 3 is 2.48 bits per heavy atom. The van der Waals surface area contributed by atoms with Gasteiger partial charge in [0.05, 0.1) is 30.6 Å². The fraction of sp³-hybridized carbons (Fsp3) is 0.292. The molecule has 7 nitrogen and oxygen atoms in total. The molecule has 0 bridgehead atoms. The quantitative estimate of drug-likeness (QED) is 0.568. The van der Waals surface area contributed by atoms with E-state index in [4.69, 9.17) is 9.47 Å². The van der Waals surface area contributed by atoms with E-state index in [0.717, 1.165) is 30.1 Å². The van der Waals surface area contributed by atoms with Crippen LogP contribution in [-0.2, 0) is 4.74 Å². The highest BCUT2D eigenvalue weighted by Gasteiger charge is 2.23. The SMILES string of the molecule is CC(C)Oc1ccccc1C=C(C#N)c1nnc(N2CCOCC2)n1-c1ccccc1. The summed E-state index contributed by atoms with van der Waals surface area (Å²) >= 11 is 0. The summed E-state index contributed by atoms with van der Waals surface area (Å²) in [6.07, 6.45) is 1.84. The molecule has 1 saturated heterocycles. The number of rotatable bonds is 6. The summed E-state index contributed by atoms with van der Waals surface area (Å²) < 4.78 is 13.3. The van der Waals surface area contributed by atoms with Gasteiger partial charge in [-0.25, -0.2) is 0 Å². The first-order valence-electron chi connectivity index (χ1n) is 10.4. The van der Waals surface area contributed by atoms with Crippen molar-refractivity contribution in [2.45, 2.75) is 20.0 Å². The molecule has 0 atom stereocenters. The predicted octanol–water partition coefficient (Wildman–Crippen LogP) is 3.96. The van der Waals surface area contributed by atoms with Crippen LogP contribution in [0.15, 0.2) is 54.6 Å². The molecule has 0 saturated carbocycles. The number of morpholine rings is 1. The summed E-state index contributed by atoms with van der Waals surface area (Å²) in [7, 11) is 0. The monoisotopic (exact) mass is 415 g/mol. The molecule has 0 radical (unpaired) electrons. The van der Waals surface area contributed by atoms with Crippen molar-refractivity contribution in [3.8, 4) is 17.5 Å². The fourth-order valence-electron chi connectivity index (χ4n) is 3.50. The highest BCUT2D eigenvalue weighted by molar-refractivity contribution is 5.89. The molecule has 1 aromatic heterocycles. The second kappa shape index (κ2) is 9.45. The third-order valence-corrected chi connectivity index (χ3v) is 4.90. The molecule has 31 heavy (non-hydrogen) atoms. The minimum absolute atomic E-state index is 0.0287. The Hall–Kier alpha value is -3.63. The van der Waals surface area contributed by atoms with Gasteiger partial charge in [0.15, 0.2) is 5.82 Å². The van der Waals surface area contributed by atoms with Crippen LogP contribution >= 0.6 is 0 Å². The van der Waals surface area contributed by atoms with Crippen LogP contribution in [-0.4, -0.2) is 47.2 Å². The first-order chi connectivity index (χ1) is 15.2. The summed E-state index contributed by atoms with van der Waals surface area (Å²) in [6, 6.07) is 19.9. The van der Waals surface area contributed by atoms with Gasteiger partial charge in [-0.05, 0) is 38.1 Å². The van der Waals surface area contributed by atoms with Gasteiger partial charge in [-0.15, -0.1) is 10.2 Å². The number of nitriles is 1. The first-order valence-corrected chi connectivity index (χ1v) is 10.4. The average molecular weight is 415 g/mol. The molecule has 0 aliphatic carbocycles. The molecule has 7 heteroatoms. The van der Waals surface area contributed by atoms with E-state index in [1.165, 1.54) is 0 Å². The van der Waals surface area contributed by atoms with Crippen LogP contribution < -0.4 is 9.64 Å². The van der Waals surface area contributed by atoms with Crippen LogP contribution in [0.5, 0.6) is 5.75 Å². The van der Waals surface area contributed by atoms with Crippen molar-refractivity contribution >= 4 is 17.6 Å². The number of para-hydroxylation sites is 2. The number of hydrogen-bond acceptors (Lipinski definition) is 6. The summed E-state index contributed by atoms with van der Waals surface area (Å²) in [5.41, 5.74) is 2.14. The van der Waals surface area contributed by atoms with Crippen molar-refractivity contribution in [2.75, 3.05) is 31.2 Å². The Labute approximate surface area is 182 Å². The molecule has 0 amide bonds. The minimum Gasteiger partial charge on any atom is -0.490 e. The second-order valence-electron chi connectivity index (χ2n) is 7.47. The smallest absolute Gasteiger partial charge is 0.232 e. The summed E-state index contributed by atoms with van der Waals surface area (Å²) in [5, 5.41) is 18.9. The number of hydrogen-bond donors (Lipinski definition) is 0. The van der Waals surface area contributed by atoms with E-state index < -0.39 is 0 Å². The van der Waals surface area contributed by atoms with Gasteiger partial charge in [-0.2, -0.15) is 5.26 Å². The molecule has 1 aliphatic heterocycles. The van der Waals surface area contributed by atoms with Gasteiger partial charge in [0.1, 0.15) is 11.8 Å². The Kier molecular flexibility index (Phi) is 6.29. The molecular weight excluding hydrogens is 390 g/mol. The van der Waals surface area contributed by atoms with E-state index in [-0.39, 0.29) is 6.10 Å². The van der Waals surface area contributed by atoms with Crippen molar-refractivity contribution in [3.63, 3.8) is 0 Å². The topological polar surface area (TPSA) is 76.2 Å². The van der Waals surface area contributed by atoms with Crippen molar-refractivity contribution in [1.82, 2.24) is 14.8 Å². The van der Waals surface area contributed by atoms with E-state index in [9.17, 15) is 5.26 Å². The number of allylic oxidation sites excluding steroid dienone is 1. The Balaban J connectivity index is 1.82. The van der Waals surface area contributed by atoms with Crippen molar-refractivity contribution in [1.29, 1.82) is 5.26 Å². The molecule has 1 fully saturated rings. The number of benzene rings is 2. The molecule has 0 N–H and O–H groups in total. The zero-order chi connectivity index (χ0) is 21.6. The maximum Gasteiger partial charge on any atom is 0.232 e. The van der Waals surface area contributed by atoms with Gasteiger partial charge >= 0.3 is 0 Å². The summed E-state index contributed by atoms with van der Waals surface area (Å²) in [5.74, 6) is 1.93. The highest BCUT2D eigenvalue weighted by atomic mass is 16.5. The lowest BCUT2D eigenvalue weighted by molar-refractivity contribution is 0.122. The maximum atomic E-state index is 10.0. The Morgan fingerprint density at radius 2 is 1.77 bits per heavy atom. The zero-order valence-electron chi connectivity index (χ0n) is 17.7. The van der Waals surface area contributed by atoms with Gasteiger partial charge in [0, 0.05) is 18.7 Å². The van der Waals surface area contributed by atoms with E-state index in [2.05, 4.69) is 21.2 Å². The standard InChI is InChI=1S/C24H25N5O2/c1-18(2)31-22-11-7-6-8-19(22)16-20(17-25)23-26-27-24(28-12-14-30-15-13-28)29(23)21-9-4-3-5-10-21/h3-11,16,18H,12-15H2,1-2H3. The van der Waals surface area contributed by atoms with Crippen molar-refractivity contribution < 1.29 is 9.47 Å². The number of aromatic nitrogens is 3. The van der Waals surface area contributed by atoms with Crippen molar-refractivity contribution in [3.05, 3.63) is 66.0 Å². The van der Waals surface area contributed by atoms with Crippen LogP contribution in [0.25, 0.3) is 17.3 Å². The Bertz CT molecular complexity index is 1090. The third kappa shape index (κ3) is 4.60. The van der Waals surface area contributed by atoms with Gasteiger partial charge in [-0.1, -0.05) is 36.4 Å². The lowest BCUT2D eigenvalue weighted by atomic mass is 10.1. The van der Waals surface area contributed by atoms with Crippen LogP contribution in [0.4, 0.5) is 5.95 Å². The summed E-state index contributed by atoms with van der Waals surface area (Å²) in [6.45, 7) is 6.68. The highest BCUT2D eigenvalue weighted by Crippen LogP contribution is 2.29. The van der Waals surface area contributed by atoms with Crippen LogP contribution in [0.2, 0.25) is 0 Å². The van der Waals surface area contributed by atoms with Gasteiger partial charge < -0.3 is 14.4 Å². The normalized spacial score (nSPS) is 14.5. The number of ether oxygens (including phenoxy) is 2. The average Bonchev–Trinajstić information content (AvgIpc) is 3.24. The molecule has 4 rings (SSSR count). The molecule has 0 unspecified atom stereocenters. The molecular formula is C24H25N5O2. The number of nitrogens with zero attached hydrogens (tertiary/aromatic N) is 5. The molecule has 1 aliphatic rings. The predicted molar refractivity (Wildman–Crippen MR) is 120 cm³/mol. The lowest BCUT2D eigenvalue weighted by Crippen LogP contribution is -2.38. The maximum absolute atomic E-state index is 10.0. The van der Waals surface area contributed by atoms with Gasteiger partial charge in [0.25, 0.3) is 0 Å². The Morgan fingerprint density at radius 1 is 1.06 bits per heavy atom. The first kappa shape index (κ1) is 20.6. The van der Waals surface area contributed by atoms with E-state index in [0.29, 0.717) is 30.6 Å². The molecule has 158 valence electrons. The molecule has 0 spiro atoms. The van der Waals surface area contributed by atoms with Crippen LogP contribution in [0.3, 0.4) is 0 Å². The van der Waals surface area contributed by atoms with E-state index in [1.807, 2.05) is 79.1 Å². The minimum atomic E-state index is 0.0287. The number of anilines is 1. The van der Waals surface area contributed by atoms with E-state index in [1.54, 1.807) is 0 Å². The largest absolute Gasteiger partial charge is 0.490 e. The molecule has 3 aromatic rings. The van der Waals surface area contributed by atoms with Gasteiger partial charge in [-0.3, -0.25) is 4.57 Å². The third-order valence-electron chi connectivity index (χ3n) is 4.90. The molecule has 2 aromatic carbocycles. The molecule has 2 heterocycles.